The first-order chi connectivity index (χ1) is 8.73. The van der Waals surface area contributed by atoms with Crippen molar-refractivity contribution in [2.45, 2.75) is 43.2 Å². The predicted octanol–water partition coefficient (Wildman–Crippen LogP) is 1.75. The molecule has 106 valence electrons. The van der Waals surface area contributed by atoms with Crippen LogP contribution in [-0.2, 0) is 10.0 Å². The van der Waals surface area contributed by atoms with Crippen LogP contribution in [0.2, 0.25) is 0 Å². The lowest BCUT2D eigenvalue weighted by molar-refractivity contribution is 0.0215. The fraction of sp³-hybridized carbons (Fsp3) is 0.538. The molecule has 1 aromatic rings. The Kier molecular flexibility index (Phi) is 3.68. The van der Waals surface area contributed by atoms with Crippen LogP contribution >= 0.6 is 0 Å². The first-order valence-corrected chi connectivity index (χ1v) is 7.67. The molecule has 19 heavy (non-hydrogen) atoms. The molecule has 0 amide bonds. The Morgan fingerprint density at radius 2 is 1.89 bits per heavy atom. The second kappa shape index (κ2) is 4.85. The zero-order valence-electron chi connectivity index (χ0n) is 11.0. The van der Waals surface area contributed by atoms with E-state index in [2.05, 4.69) is 0 Å². The van der Waals surface area contributed by atoms with Crippen molar-refractivity contribution in [1.29, 1.82) is 0 Å². The zero-order valence-corrected chi connectivity index (χ0v) is 11.8. The van der Waals surface area contributed by atoms with E-state index in [1.165, 1.54) is 16.4 Å². The minimum atomic E-state index is -3.68. The summed E-state index contributed by atoms with van der Waals surface area (Å²) in [6, 6.07) is 4.32. The van der Waals surface area contributed by atoms with Gasteiger partial charge in [0.05, 0.1) is 16.5 Å². The Hall–Kier alpha value is -0.980. The van der Waals surface area contributed by atoms with Crippen LogP contribution in [-0.4, -0.2) is 36.0 Å². The normalized spacial score (nSPS) is 21.8. The third-order valence-electron chi connectivity index (χ3n) is 3.44. The molecule has 6 heteroatoms. The van der Waals surface area contributed by atoms with Gasteiger partial charge in [-0.1, -0.05) is 0 Å². The van der Waals surface area contributed by atoms with Gasteiger partial charge in [0.1, 0.15) is 5.82 Å². The first kappa shape index (κ1) is 14.4. The number of benzene rings is 1. The maximum Gasteiger partial charge on any atom is 0.243 e. The highest BCUT2D eigenvalue weighted by atomic mass is 32.2. The van der Waals surface area contributed by atoms with E-state index < -0.39 is 27.5 Å². The standard InChI is InChI=1S/C13H18FNO3S/c1-13(2,16)12-4-3-9-15(12)19(17,18)11-7-5-10(14)6-8-11/h5-8,12,16H,3-4,9H2,1-2H3. The van der Waals surface area contributed by atoms with E-state index in [4.69, 9.17) is 0 Å². The molecule has 1 aliphatic heterocycles. The van der Waals surface area contributed by atoms with Gasteiger partial charge in [0.2, 0.25) is 10.0 Å². The summed E-state index contributed by atoms with van der Waals surface area (Å²) in [7, 11) is -3.68. The summed E-state index contributed by atoms with van der Waals surface area (Å²) in [4.78, 5) is 0.0602. The van der Waals surface area contributed by atoms with Crippen molar-refractivity contribution in [2.75, 3.05) is 6.54 Å². The topological polar surface area (TPSA) is 57.6 Å². The number of sulfonamides is 1. The van der Waals surface area contributed by atoms with Crippen LogP contribution < -0.4 is 0 Å². The summed E-state index contributed by atoms with van der Waals surface area (Å²) in [6.07, 6.45) is 1.35. The Morgan fingerprint density at radius 3 is 2.42 bits per heavy atom. The fourth-order valence-corrected chi connectivity index (χ4v) is 4.29. The molecule has 1 aliphatic rings. The monoisotopic (exact) mass is 287 g/mol. The lowest BCUT2D eigenvalue weighted by atomic mass is 9.98. The molecule has 2 rings (SSSR count). The SMILES string of the molecule is CC(C)(O)C1CCCN1S(=O)(=O)c1ccc(F)cc1. The molecule has 1 saturated heterocycles. The van der Waals surface area contributed by atoms with E-state index in [1.54, 1.807) is 13.8 Å². The van der Waals surface area contributed by atoms with Crippen LogP contribution in [0.4, 0.5) is 4.39 Å². The van der Waals surface area contributed by atoms with Crippen LogP contribution in [0.25, 0.3) is 0 Å². The van der Waals surface area contributed by atoms with Gasteiger partial charge in [-0.25, -0.2) is 12.8 Å². The quantitative estimate of drug-likeness (QED) is 0.921. The van der Waals surface area contributed by atoms with Gasteiger partial charge in [-0.05, 0) is 51.0 Å². The van der Waals surface area contributed by atoms with E-state index in [0.717, 1.165) is 18.6 Å². The van der Waals surface area contributed by atoms with Crippen LogP contribution in [0.5, 0.6) is 0 Å². The van der Waals surface area contributed by atoms with Gasteiger partial charge in [0.15, 0.2) is 0 Å². The van der Waals surface area contributed by atoms with Crippen molar-refractivity contribution in [3.05, 3.63) is 30.1 Å². The van der Waals surface area contributed by atoms with Gasteiger partial charge in [0.25, 0.3) is 0 Å². The van der Waals surface area contributed by atoms with Gasteiger partial charge in [-0.15, -0.1) is 0 Å². The molecule has 1 atom stereocenters. The molecular formula is C13H18FNO3S. The third kappa shape index (κ3) is 2.80. The van der Waals surface area contributed by atoms with Crippen molar-refractivity contribution < 1.29 is 17.9 Å². The molecule has 1 N–H and O–H groups in total. The van der Waals surface area contributed by atoms with Crippen molar-refractivity contribution in [3.63, 3.8) is 0 Å². The number of hydrogen-bond donors (Lipinski definition) is 1. The van der Waals surface area contributed by atoms with E-state index in [9.17, 15) is 17.9 Å². The van der Waals surface area contributed by atoms with Crippen molar-refractivity contribution in [3.8, 4) is 0 Å². The number of hydrogen-bond acceptors (Lipinski definition) is 3. The molecular weight excluding hydrogens is 269 g/mol. The van der Waals surface area contributed by atoms with Crippen LogP contribution in [0.3, 0.4) is 0 Å². The minimum Gasteiger partial charge on any atom is -0.389 e. The highest BCUT2D eigenvalue weighted by Crippen LogP contribution is 2.31. The number of aliphatic hydroxyl groups is 1. The number of rotatable bonds is 3. The molecule has 0 aliphatic carbocycles. The summed E-state index contributed by atoms with van der Waals surface area (Å²) >= 11 is 0. The van der Waals surface area contributed by atoms with Crippen LogP contribution in [0, 0.1) is 5.82 Å². The number of nitrogens with zero attached hydrogens (tertiary/aromatic N) is 1. The molecule has 0 spiro atoms. The molecule has 1 heterocycles. The fourth-order valence-electron chi connectivity index (χ4n) is 2.48. The second-order valence-corrected chi connectivity index (χ2v) is 7.27. The van der Waals surface area contributed by atoms with E-state index in [0.29, 0.717) is 13.0 Å². The van der Waals surface area contributed by atoms with Crippen LogP contribution in [0.1, 0.15) is 26.7 Å². The average Bonchev–Trinajstić information content (AvgIpc) is 2.78. The highest BCUT2D eigenvalue weighted by molar-refractivity contribution is 7.89. The summed E-state index contributed by atoms with van der Waals surface area (Å²) in [6.45, 7) is 3.60. The molecule has 1 aromatic carbocycles. The Morgan fingerprint density at radius 1 is 1.32 bits per heavy atom. The lowest BCUT2D eigenvalue weighted by Gasteiger charge is -2.33. The summed E-state index contributed by atoms with van der Waals surface area (Å²) in [5.74, 6) is -0.473. The van der Waals surface area contributed by atoms with E-state index in [-0.39, 0.29) is 4.90 Å². The van der Waals surface area contributed by atoms with Crippen molar-refractivity contribution in [1.82, 2.24) is 4.31 Å². The molecule has 4 nitrogen and oxygen atoms in total. The predicted molar refractivity (Wildman–Crippen MR) is 69.6 cm³/mol. The number of halogens is 1. The first-order valence-electron chi connectivity index (χ1n) is 6.23. The smallest absolute Gasteiger partial charge is 0.243 e. The van der Waals surface area contributed by atoms with E-state index in [1.807, 2.05) is 0 Å². The zero-order chi connectivity index (χ0) is 14.3. The van der Waals surface area contributed by atoms with Crippen molar-refractivity contribution >= 4 is 10.0 Å². The van der Waals surface area contributed by atoms with Gasteiger partial charge in [-0.2, -0.15) is 4.31 Å². The summed E-state index contributed by atoms with van der Waals surface area (Å²) < 4.78 is 39.2. The third-order valence-corrected chi connectivity index (χ3v) is 5.36. The lowest BCUT2D eigenvalue weighted by Crippen LogP contribution is -2.48. The Bertz CT molecular complexity index is 548. The maximum absolute atomic E-state index is 12.9. The maximum atomic E-state index is 12.9. The second-order valence-electron chi connectivity index (χ2n) is 5.38. The van der Waals surface area contributed by atoms with E-state index >= 15 is 0 Å². The molecule has 1 fully saturated rings. The molecule has 0 aromatic heterocycles. The Balaban J connectivity index is 2.37. The molecule has 0 radical (unpaired) electrons. The molecule has 1 unspecified atom stereocenters. The van der Waals surface area contributed by atoms with Gasteiger partial charge in [0, 0.05) is 6.54 Å². The Labute approximate surface area is 112 Å². The largest absolute Gasteiger partial charge is 0.389 e. The van der Waals surface area contributed by atoms with Crippen LogP contribution in [0.15, 0.2) is 29.2 Å². The van der Waals surface area contributed by atoms with Crippen molar-refractivity contribution in [2.24, 2.45) is 0 Å². The molecule has 0 bridgehead atoms. The summed E-state index contributed by atoms with van der Waals surface area (Å²) in [5, 5.41) is 10.1. The molecule has 0 saturated carbocycles. The van der Waals surface area contributed by atoms with Gasteiger partial charge >= 0.3 is 0 Å². The van der Waals surface area contributed by atoms with Gasteiger partial charge in [-0.3, -0.25) is 0 Å². The van der Waals surface area contributed by atoms with Gasteiger partial charge < -0.3 is 5.11 Å². The minimum absolute atomic E-state index is 0.0602. The summed E-state index contributed by atoms with van der Waals surface area (Å²) in [5.41, 5.74) is -1.09. The average molecular weight is 287 g/mol. The highest BCUT2D eigenvalue weighted by Gasteiger charge is 2.42.